The van der Waals surface area contributed by atoms with Crippen LogP contribution >= 0.6 is 0 Å². The van der Waals surface area contributed by atoms with Crippen LogP contribution in [0.2, 0.25) is 6.32 Å². The molecule has 0 aromatic carbocycles. The molecule has 5 N–H and O–H groups in total. The highest BCUT2D eigenvalue weighted by Gasteiger charge is 2.32. The van der Waals surface area contributed by atoms with Gasteiger partial charge in [0, 0.05) is 0 Å². The van der Waals surface area contributed by atoms with Gasteiger partial charge in [0.1, 0.15) is 6.04 Å². The van der Waals surface area contributed by atoms with Gasteiger partial charge in [-0.25, -0.2) is 0 Å². The van der Waals surface area contributed by atoms with Crippen LogP contribution in [0.3, 0.4) is 0 Å². The zero-order chi connectivity index (χ0) is 11.5. The van der Waals surface area contributed by atoms with Gasteiger partial charge in [0.2, 0.25) is 0 Å². The summed E-state index contributed by atoms with van der Waals surface area (Å²) in [5, 5.41) is 37.8. The fourth-order valence-electron chi connectivity index (χ4n) is 2.01. The first kappa shape index (κ1) is 12.4. The smallest absolute Gasteiger partial charge is 0.371 e. The van der Waals surface area contributed by atoms with Crippen LogP contribution in [-0.2, 0) is 4.79 Å². The topological polar surface area (TPSA) is 110 Å². The van der Waals surface area contributed by atoms with Gasteiger partial charge in [-0.3, -0.25) is 4.79 Å². The minimum absolute atomic E-state index is 0.0145. The van der Waals surface area contributed by atoms with Crippen LogP contribution in [0.1, 0.15) is 19.3 Å². The van der Waals surface area contributed by atoms with Crippen molar-refractivity contribution in [3.05, 3.63) is 0 Å². The Morgan fingerprint density at radius 2 is 2.07 bits per heavy atom. The molecule has 6 nitrogen and oxygen atoms in total. The monoisotopic (exact) mass is 218 g/mol. The van der Waals surface area contributed by atoms with E-state index in [9.17, 15) is 4.79 Å². The summed E-state index contributed by atoms with van der Waals surface area (Å²) in [6.45, 7) is -2.55. The van der Waals surface area contributed by atoms with Gasteiger partial charge in [-0.05, 0) is 18.9 Å². The maximum atomic E-state index is 10.8. The van der Waals surface area contributed by atoms with E-state index in [1.807, 2.05) is 0 Å². The number of nitrogens with one attached hydrogen (secondary N) is 1. The number of aliphatic carboxylic acids is 1. The number of carbonyl (C=O) groups is 1. The first-order chi connectivity index (χ1) is 6.90. The van der Waals surface area contributed by atoms with E-state index in [0.717, 1.165) is 6.42 Å². The van der Waals surface area contributed by atoms with E-state index in [2.05, 4.69) is 5.32 Å². The lowest BCUT2D eigenvalue weighted by molar-refractivity contribution is -0.140. The predicted octanol–water partition coefficient (Wildman–Crippen LogP) is -1.25. The zero-order valence-corrected chi connectivity index (χ0v) is 8.46. The molecule has 1 rings (SSSR count). The van der Waals surface area contributed by atoms with Crippen LogP contribution < -0.4 is 5.32 Å². The van der Waals surface area contributed by atoms with E-state index in [1.54, 1.807) is 0 Å². The normalized spacial score (nSPS) is 26.9. The number of hydrogen-bond donors (Lipinski definition) is 5. The molecule has 7 heteroatoms. The first-order valence-electron chi connectivity index (χ1n) is 5.19. The molecule has 0 spiro atoms. The molecule has 15 heavy (non-hydrogen) atoms. The molecule has 0 aliphatic carbocycles. The molecule has 1 aliphatic heterocycles. The maximum Gasteiger partial charge on any atom is 0.371 e. The van der Waals surface area contributed by atoms with Gasteiger partial charge in [-0.2, -0.15) is 0 Å². The van der Waals surface area contributed by atoms with Crippen molar-refractivity contribution in [2.75, 3.05) is 6.54 Å². The fraction of sp³-hybridized carbons (Fsp3) is 0.875. The molecule has 2 atom stereocenters. The molecule has 0 amide bonds. The standard InChI is InChI=1S/C8H17BNO5/c11-8(12)7-6(3-5-10-7)2-1-4-9(13,14)15/h6-7,10,13-15H,1-5H2,(H,11,12)/q-1/t6-,7+/m1/s1. The van der Waals surface area contributed by atoms with Crippen molar-refractivity contribution >= 4 is 12.7 Å². The van der Waals surface area contributed by atoms with E-state index in [1.165, 1.54) is 0 Å². The molecule has 0 unspecified atom stereocenters. The SMILES string of the molecule is O=C(O)[C@H]1NCC[C@H]1CCC[B-](O)(O)O. The second kappa shape index (κ2) is 4.93. The molecule has 0 aromatic rings. The Bertz CT molecular complexity index is 230. The minimum Gasteiger partial charge on any atom is -0.560 e. The number of hydrogen-bond acceptors (Lipinski definition) is 5. The van der Waals surface area contributed by atoms with Crippen LogP contribution in [-0.4, -0.2) is 45.5 Å². The van der Waals surface area contributed by atoms with E-state index >= 15 is 0 Å². The average Bonchev–Trinajstić information content (AvgIpc) is 2.49. The Morgan fingerprint density at radius 3 is 2.60 bits per heavy atom. The highest BCUT2D eigenvalue weighted by Crippen LogP contribution is 2.23. The molecule has 1 aliphatic rings. The second-order valence-electron chi connectivity index (χ2n) is 4.14. The van der Waals surface area contributed by atoms with E-state index < -0.39 is 18.8 Å². The fourth-order valence-corrected chi connectivity index (χ4v) is 2.01. The van der Waals surface area contributed by atoms with E-state index in [4.69, 9.17) is 20.2 Å². The summed E-state index contributed by atoms with van der Waals surface area (Å²) in [6, 6.07) is -0.539. The molecular formula is C8H17BNO5-. The van der Waals surface area contributed by atoms with Crippen LogP contribution in [0, 0.1) is 5.92 Å². The van der Waals surface area contributed by atoms with Crippen molar-refractivity contribution in [3.8, 4) is 0 Å². The maximum absolute atomic E-state index is 10.8. The van der Waals surface area contributed by atoms with Crippen LogP contribution in [0.15, 0.2) is 0 Å². The lowest BCUT2D eigenvalue weighted by Crippen LogP contribution is -2.36. The van der Waals surface area contributed by atoms with Crippen LogP contribution in [0.4, 0.5) is 0 Å². The zero-order valence-electron chi connectivity index (χ0n) is 8.46. The summed E-state index contributed by atoms with van der Waals surface area (Å²) in [7, 11) is 0. The summed E-state index contributed by atoms with van der Waals surface area (Å²) in [5.41, 5.74) is 0. The van der Waals surface area contributed by atoms with Gasteiger partial charge in [-0.15, -0.1) is 0 Å². The van der Waals surface area contributed by atoms with Crippen molar-refractivity contribution in [3.63, 3.8) is 0 Å². The van der Waals surface area contributed by atoms with Crippen molar-refractivity contribution < 1.29 is 25.0 Å². The Morgan fingerprint density at radius 1 is 1.40 bits per heavy atom. The van der Waals surface area contributed by atoms with Gasteiger partial charge in [0.25, 0.3) is 0 Å². The number of carboxylic acids is 1. The Hall–Kier alpha value is -0.625. The van der Waals surface area contributed by atoms with Gasteiger partial charge in [0.05, 0.1) is 0 Å². The predicted molar refractivity (Wildman–Crippen MR) is 54.0 cm³/mol. The van der Waals surface area contributed by atoms with Gasteiger partial charge < -0.3 is 25.5 Å². The van der Waals surface area contributed by atoms with Gasteiger partial charge in [0.15, 0.2) is 0 Å². The second-order valence-corrected chi connectivity index (χ2v) is 4.14. The molecule has 0 saturated carbocycles. The lowest BCUT2D eigenvalue weighted by atomic mass is 9.73. The highest BCUT2D eigenvalue weighted by molar-refractivity contribution is 6.56. The lowest BCUT2D eigenvalue weighted by Gasteiger charge is -2.21. The van der Waals surface area contributed by atoms with E-state index in [-0.39, 0.29) is 12.2 Å². The molecule has 0 radical (unpaired) electrons. The quantitative estimate of drug-likeness (QED) is 0.368. The third-order valence-electron chi connectivity index (χ3n) is 2.78. The average molecular weight is 218 g/mol. The summed E-state index contributed by atoms with van der Waals surface area (Å²) >= 11 is 0. The van der Waals surface area contributed by atoms with Crippen molar-refractivity contribution in [2.45, 2.75) is 31.6 Å². The van der Waals surface area contributed by atoms with Gasteiger partial charge in [-0.1, -0.05) is 19.2 Å². The molecule has 0 bridgehead atoms. The number of carboxylic acid groups (broad SMARTS) is 1. The Kier molecular flexibility index (Phi) is 4.09. The molecule has 0 aromatic heterocycles. The van der Waals surface area contributed by atoms with Crippen molar-refractivity contribution in [1.29, 1.82) is 0 Å². The van der Waals surface area contributed by atoms with E-state index in [0.29, 0.717) is 19.4 Å². The summed E-state index contributed by atoms with van der Waals surface area (Å²) in [5.74, 6) is -0.855. The molecule has 1 saturated heterocycles. The summed E-state index contributed by atoms with van der Waals surface area (Å²) < 4.78 is 0. The molecular weight excluding hydrogens is 201 g/mol. The molecule has 1 fully saturated rings. The Labute approximate surface area is 87.9 Å². The van der Waals surface area contributed by atoms with Gasteiger partial charge >= 0.3 is 12.7 Å². The third kappa shape index (κ3) is 4.17. The van der Waals surface area contributed by atoms with Crippen molar-refractivity contribution in [1.82, 2.24) is 5.32 Å². The highest BCUT2D eigenvalue weighted by atomic mass is 16.5. The molecule has 1 heterocycles. The largest absolute Gasteiger partial charge is 0.560 e. The number of rotatable bonds is 5. The first-order valence-corrected chi connectivity index (χ1v) is 5.19. The molecule has 88 valence electrons. The summed E-state index contributed by atoms with van der Waals surface area (Å²) in [6.07, 6.45) is 1.68. The van der Waals surface area contributed by atoms with Crippen LogP contribution in [0.5, 0.6) is 0 Å². The summed E-state index contributed by atoms with van der Waals surface area (Å²) in [4.78, 5) is 10.8. The Balaban J connectivity index is 2.29. The van der Waals surface area contributed by atoms with Crippen molar-refractivity contribution in [2.24, 2.45) is 5.92 Å². The minimum atomic E-state index is -3.22. The van der Waals surface area contributed by atoms with Crippen LogP contribution in [0.25, 0.3) is 0 Å². The third-order valence-corrected chi connectivity index (χ3v) is 2.78.